The van der Waals surface area contributed by atoms with Crippen LogP contribution in [0.3, 0.4) is 0 Å². The summed E-state index contributed by atoms with van der Waals surface area (Å²) in [6.07, 6.45) is 3.14. The lowest BCUT2D eigenvalue weighted by Crippen LogP contribution is -2.09. The number of carbonyl (C=O) groups is 1. The van der Waals surface area contributed by atoms with Gasteiger partial charge in [0, 0.05) is 17.3 Å². The summed E-state index contributed by atoms with van der Waals surface area (Å²) in [5.41, 5.74) is 2.89. The highest BCUT2D eigenvalue weighted by Gasteiger charge is 2.05. The Bertz CT molecular complexity index is 700. The van der Waals surface area contributed by atoms with Crippen LogP contribution in [0, 0.1) is 6.92 Å². The minimum absolute atomic E-state index is 0.168. The maximum absolute atomic E-state index is 11.4. The molecule has 0 bridgehead atoms. The Morgan fingerprint density at radius 3 is 2.60 bits per heavy atom. The molecule has 0 aliphatic carbocycles. The molecule has 0 atom stereocenters. The first-order chi connectivity index (χ1) is 9.60. The molecule has 2 aromatic rings. The lowest BCUT2D eigenvalue weighted by Gasteiger charge is -2.06. The molecule has 1 amide bonds. The number of carbonyl (C=O) groups excluding carboxylic acids is 1. The van der Waals surface area contributed by atoms with Crippen LogP contribution in [0.15, 0.2) is 47.3 Å². The third-order valence-electron chi connectivity index (χ3n) is 2.74. The first-order valence-electron chi connectivity index (χ1n) is 6.20. The molecule has 1 heterocycles. The van der Waals surface area contributed by atoms with Crippen molar-refractivity contribution in [3.8, 4) is 11.3 Å². The minimum atomic E-state index is -0.221. The topological polar surface area (TPSA) is 74.8 Å². The van der Waals surface area contributed by atoms with Gasteiger partial charge in [0.1, 0.15) is 0 Å². The van der Waals surface area contributed by atoms with Crippen molar-refractivity contribution < 1.29 is 4.79 Å². The summed E-state index contributed by atoms with van der Waals surface area (Å²) in [4.78, 5) is 22.5. The van der Waals surface area contributed by atoms with E-state index in [1.807, 2.05) is 19.1 Å². The number of hydrogen-bond acceptors (Lipinski definition) is 3. The van der Waals surface area contributed by atoms with Crippen LogP contribution in [0.25, 0.3) is 11.3 Å². The maximum Gasteiger partial charge on any atom is 0.264 e. The van der Waals surface area contributed by atoms with E-state index in [1.165, 1.54) is 12.1 Å². The number of nitrogens with zero attached hydrogens (tertiary/aromatic N) is 1. The highest BCUT2D eigenvalue weighted by molar-refractivity contribution is 5.99. The van der Waals surface area contributed by atoms with Crippen molar-refractivity contribution in [1.29, 1.82) is 0 Å². The summed E-state index contributed by atoms with van der Waals surface area (Å²) < 4.78 is 0. The number of allylic oxidation sites excluding steroid dienone is 1. The fraction of sp³-hybridized carbons (Fsp3) is 0.133. The summed E-state index contributed by atoms with van der Waals surface area (Å²) >= 11 is 0. The van der Waals surface area contributed by atoms with Crippen LogP contribution >= 0.6 is 0 Å². The second-order valence-electron chi connectivity index (χ2n) is 4.33. The van der Waals surface area contributed by atoms with Gasteiger partial charge in [0.15, 0.2) is 0 Å². The van der Waals surface area contributed by atoms with Crippen LogP contribution in [0.2, 0.25) is 0 Å². The predicted molar refractivity (Wildman–Crippen MR) is 78.5 cm³/mol. The minimum Gasteiger partial charge on any atom is -0.323 e. The number of aromatic amines is 1. The fourth-order valence-corrected chi connectivity index (χ4v) is 1.84. The number of hydrogen-bond donors (Lipinski definition) is 2. The van der Waals surface area contributed by atoms with Crippen LogP contribution in [-0.2, 0) is 4.79 Å². The summed E-state index contributed by atoms with van der Waals surface area (Å²) in [5, 5.41) is 9.19. The molecule has 0 aliphatic heterocycles. The lowest BCUT2D eigenvalue weighted by molar-refractivity contribution is -0.111. The number of benzene rings is 1. The highest BCUT2D eigenvalue weighted by Crippen LogP contribution is 2.21. The number of nitrogens with one attached hydrogen (secondary N) is 2. The van der Waals surface area contributed by atoms with Crippen molar-refractivity contribution in [1.82, 2.24) is 10.2 Å². The first-order valence-corrected chi connectivity index (χ1v) is 6.20. The van der Waals surface area contributed by atoms with E-state index >= 15 is 0 Å². The molecule has 20 heavy (non-hydrogen) atoms. The van der Waals surface area contributed by atoms with E-state index < -0.39 is 0 Å². The van der Waals surface area contributed by atoms with Gasteiger partial charge in [-0.1, -0.05) is 18.2 Å². The number of amides is 1. The molecule has 0 saturated carbocycles. The maximum atomic E-state index is 11.4. The molecule has 5 nitrogen and oxygen atoms in total. The monoisotopic (exact) mass is 269 g/mol. The number of rotatable bonds is 3. The number of anilines is 1. The lowest BCUT2D eigenvalue weighted by atomic mass is 10.1. The summed E-state index contributed by atoms with van der Waals surface area (Å²) in [6.45, 7) is 3.62. The normalized spacial score (nSPS) is 10.7. The van der Waals surface area contributed by atoms with Gasteiger partial charge in [0.2, 0.25) is 5.91 Å². The first kappa shape index (κ1) is 13.7. The van der Waals surface area contributed by atoms with Crippen LogP contribution < -0.4 is 10.9 Å². The van der Waals surface area contributed by atoms with E-state index in [0.717, 1.165) is 16.8 Å². The fourth-order valence-electron chi connectivity index (χ4n) is 1.84. The second-order valence-corrected chi connectivity index (χ2v) is 4.33. The van der Waals surface area contributed by atoms with E-state index in [2.05, 4.69) is 15.5 Å². The summed E-state index contributed by atoms with van der Waals surface area (Å²) in [5.74, 6) is -0.168. The Morgan fingerprint density at radius 1 is 1.30 bits per heavy atom. The average Bonchev–Trinajstić information content (AvgIpc) is 2.40. The number of H-pyrrole nitrogens is 1. The molecule has 0 aliphatic rings. The van der Waals surface area contributed by atoms with Crippen molar-refractivity contribution in [2.24, 2.45) is 0 Å². The van der Waals surface area contributed by atoms with Crippen molar-refractivity contribution in [3.05, 3.63) is 58.4 Å². The summed E-state index contributed by atoms with van der Waals surface area (Å²) in [6, 6.07) is 8.79. The molecule has 0 saturated heterocycles. The quantitative estimate of drug-likeness (QED) is 0.839. The van der Waals surface area contributed by atoms with Crippen molar-refractivity contribution in [2.45, 2.75) is 13.8 Å². The van der Waals surface area contributed by atoms with Gasteiger partial charge in [-0.05, 0) is 37.6 Å². The Kier molecular flexibility index (Phi) is 4.10. The van der Waals surface area contributed by atoms with Crippen molar-refractivity contribution in [3.63, 3.8) is 0 Å². The van der Waals surface area contributed by atoms with Gasteiger partial charge in [0.05, 0.1) is 5.69 Å². The van der Waals surface area contributed by atoms with Gasteiger partial charge in [-0.2, -0.15) is 5.10 Å². The molecule has 102 valence electrons. The van der Waals surface area contributed by atoms with Gasteiger partial charge >= 0.3 is 0 Å². The third-order valence-corrected chi connectivity index (χ3v) is 2.74. The van der Waals surface area contributed by atoms with E-state index in [-0.39, 0.29) is 11.5 Å². The molecular formula is C15H15N3O2. The van der Waals surface area contributed by atoms with Gasteiger partial charge < -0.3 is 5.32 Å². The van der Waals surface area contributed by atoms with E-state index in [9.17, 15) is 9.59 Å². The van der Waals surface area contributed by atoms with Crippen LogP contribution in [0.1, 0.15) is 12.5 Å². The molecule has 2 rings (SSSR count). The zero-order valence-electron chi connectivity index (χ0n) is 11.3. The molecule has 5 heteroatoms. The zero-order chi connectivity index (χ0) is 14.5. The van der Waals surface area contributed by atoms with Crippen LogP contribution in [-0.4, -0.2) is 16.1 Å². The molecule has 0 fully saturated rings. The smallest absolute Gasteiger partial charge is 0.264 e. The number of aryl methyl sites for hydroxylation is 1. The van der Waals surface area contributed by atoms with Gasteiger partial charge in [-0.3, -0.25) is 9.59 Å². The second kappa shape index (κ2) is 5.97. The molecule has 1 aromatic carbocycles. The van der Waals surface area contributed by atoms with E-state index in [0.29, 0.717) is 5.69 Å². The third kappa shape index (κ3) is 3.20. The highest BCUT2D eigenvalue weighted by atomic mass is 16.1. The van der Waals surface area contributed by atoms with E-state index in [4.69, 9.17) is 0 Å². The average molecular weight is 269 g/mol. The standard InChI is InChI=1S/C15H15N3O2/c1-3-4-13(19)16-12-7-5-11(6-8-12)15-10(2)9-14(20)17-18-15/h3-9H,1-2H3,(H,16,19)(H,17,20)/b4-3+. The Labute approximate surface area is 116 Å². The van der Waals surface area contributed by atoms with Crippen LogP contribution in [0.5, 0.6) is 0 Å². The van der Waals surface area contributed by atoms with Crippen LogP contribution in [0.4, 0.5) is 5.69 Å². The molecular weight excluding hydrogens is 254 g/mol. The van der Waals surface area contributed by atoms with Gasteiger partial charge in [-0.15, -0.1) is 0 Å². The molecule has 1 aromatic heterocycles. The molecule has 0 radical (unpaired) electrons. The Hall–Kier alpha value is -2.69. The van der Waals surface area contributed by atoms with E-state index in [1.54, 1.807) is 25.1 Å². The number of aromatic nitrogens is 2. The van der Waals surface area contributed by atoms with Gasteiger partial charge in [0.25, 0.3) is 5.56 Å². The predicted octanol–water partition coefficient (Wildman–Crippen LogP) is 2.26. The largest absolute Gasteiger partial charge is 0.323 e. The Morgan fingerprint density at radius 2 is 2.00 bits per heavy atom. The molecule has 2 N–H and O–H groups in total. The van der Waals surface area contributed by atoms with Crippen molar-refractivity contribution >= 4 is 11.6 Å². The molecule has 0 unspecified atom stereocenters. The SMILES string of the molecule is C/C=C/C(=O)Nc1ccc(-c2n[nH]c(=O)cc2C)cc1. The zero-order valence-corrected chi connectivity index (χ0v) is 11.3. The Balaban J connectivity index is 2.23. The summed E-state index contributed by atoms with van der Waals surface area (Å²) in [7, 11) is 0. The van der Waals surface area contributed by atoms with Crippen molar-refractivity contribution in [2.75, 3.05) is 5.32 Å². The van der Waals surface area contributed by atoms with Gasteiger partial charge in [-0.25, -0.2) is 5.10 Å². The molecule has 0 spiro atoms.